The largest absolute Gasteiger partial charge is 0.303 e. The normalized spacial score (nSPS) is 26.0. The van der Waals surface area contributed by atoms with E-state index in [0.29, 0.717) is 0 Å². The Kier molecular flexibility index (Phi) is 9.37. The smallest absolute Gasteiger partial charge is 0.0507 e. The summed E-state index contributed by atoms with van der Waals surface area (Å²) < 4.78 is 0. The van der Waals surface area contributed by atoms with Gasteiger partial charge in [0.2, 0.25) is 0 Å². The topological polar surface area (TPSA) is 13.0 Å². The van der Waals surface area contributed by atoms with Gasteiger partial charge in [0.15, 0.2) is 0 Å². The van der Waals surface area contributed by atoms with Gasteiger partial charge in [-0.25, -0.2) is 0 Å². The minimum atomic E-state index is 0.953. The van der Waals surface area contributed by atoms with Gasteiger partial charge in [0.25, 0.3) is 0 Å². The van der Waals surface area contributed by atoms with Crippen molar-refractivity contribution in [3.63, 3.8) is 0 Å². The van der Waals surface area contributed by atoms with Gasteiger partial charge in [0.1, 0.15) is 0 Å². The number of rotatable bonds is 9. The molecular formula is C23H46N4. The van der Waals surface area contributed by atoms with E-state index in [2.05, 4.69) is 33.4 Å². The molecule has 0 aromatic rings. The highest BCUT2D eigenvalue weighted by molar-refractivity contribution is 4.79. The second-order valence-electron chi connectivity index (χ2n) is 9.71. The quantitative estimate of drug-likeness (QED) is 0.569. The number of piperidine rings is 2. The molecule has 0 atom stereocenters. The Morgan fingerprint density at radius 2 is 1.22 bits per heavy atom. The Bertz CT molecular complexity index is 378. The van der Waals surface area contributed by atoms with Crippen LogP contribution in [0.5, 0.6) is 0 Å². The lowest BCUT2D eigenvalue weighted by Crippen LogP contribution is -2.51. The molecule has 3 rings (SSSR count). The van der Waals surface area contributed by atoms with Crippen molar-refractivity contribution in [2.24, 2.45) is 11.8 Å². The molecular weight excluding hydrogens is 332 g/mol. The molecule has 4 nitrogen and oxygen atoms in total. The summed E-state index contributed by atoms with van der Waals surface area (Å²) in [7, 11) is 0. The van der Waals surface area contributed by atoms with Crippen molar-refractivity contribution in [2.45, 2.75) is 65.2 Å². The molecule has 0 spiro atoms. The van der Waals surface area contributed by atoms with Crippen molar-refractivity contribution in [2.75, 3.05) is 72.1 Å². The van der Waals surface area contributed by atoms with Gasteiger partial charge in [-0.3, -0.25) is 9.80 Å². The monoisotopic (exact) mass is 378 g/mol. The highest BCUT2D eigenvalue weighted by Gasteiger charge is 2.25. The summed E-state index contributed by atoms with van der Waals surface area (Å²) in [5, 5.41) is 0. The zero-order valence-electron chi connectivity index (χ0n) is 18.4. The van der Waals surface area contributed by atoms with Crippen LogP contribution in [0.4, 0.5) is 0 Å². The number of nitrogens with zero attached hydrogens (tertiary/aromatic N) is 4. The maximum atomic E-state index is 2.75. The lowest BCUT2D eigenvalue weighted by molar-refractivity contribution is 0.0485. The van der Waals surface area contributed by atoms with E-state index >= 15 is 0 Å². The van der Waals surface area contributed by atoms with E-state index in [1.165, 1.54) is 123 Å². The third-order valence-corrected chi connectivity index (χ3v) is 7.29. The van der Waals surface area contributed by atoms with E-state index in [0.717, 1.165) is 11.8 Å². The molecule has 0 bridgehead atoms. The van der Waals surface area contributed by atoms with Gasteiger partial charge in [-0.05, 0) is 76.7 Å². The number of unbranched alkanes of at least 4 members (excludes halogenated alkanes) is 3. The molecule has 4 heteroatoms. The molecule has 3 fully saturated rings. The average molecular weight is 379 g/mol. The maximum Gasteiger partial charge on any atom is 0.0507 e. The summed E-state index contributed by atoms with van der Waals surface area (Å²) in [6.07, 6.45) is 11.3. The van der Waals surface area contributed by atoms with Crippen LogP contribution in [0, 0.1) is 11.8 Å². The second kappa shape index (κ2) is 11.7. The Hall–Kier alpha value is -0.160. The predicted octanol–water partition coefficient (Wildman–Crippen LogP) is 3.59. The Labute approximate surface area is 169 Å². The van der Waals surface area contributed by atoms with Crippen LogP contribution in [0.2, 0.25) is 0 Å². The fourth-order valence-corrected chi connectivity index (χ4v) is 5.12. The van der Waals surface area contributed by atoms with E-state index in [9.17, 15) is 0 Å². The molecule has 0 aromatic carbocycles. The first kappa shape index (κ1) is 21.5. The standard InChI is InChI=1S/C23H46N4/c1-3-4-5-6-11-24-16-18-27(19-17-24)21-26-14-9-23(10-15-26)20-25-12-7-22(2)8-13-25/h22-23H,3-21H2,1-2H3. The zero-order valence-corrected chi connectivity index (χ0v) is 18.4. The predicted molar refractivity (Wildman–Crippen MR) is 116 cm³/mol. The number of hydrogen-bond donors (Lipinski definition) is 0. The van der Waals surface area contributed by atoms with Gasteiger partial charge in [0, 0.05) is 32.7 Å². The Morgan fingerprint density at radius 3 is 1.89 bits per heavy atom. The minimum Gasteiger partial charge on any atom is -0.303 e. The van der Waals surface area contributed by atoms with Gasteiger partial charge in [-0.2, -0.15) is 0 Å². The van der Waals surface area contributed by atoms with E-state index < -0.39 is 0 Å². The lowest BCUT2D eigenvalue weighted by Gasteiger charge is -2.41. The van der Waals surface area contributed by atoms with E-state index in [-0.39, 0.29) is 0 Å². The molecule has 27 heavy (non-hydrogen) atoms. The molecule has 0 aromatic heterocycles. The molecule has 3 saturated heterocycles. The minimum absolute atomic E-state index is 0.953. The molecule has 0 aliphatic carbocycles. The van der Waals surface area contributed by atoms with E-state index in [1.807, 2.05) is 0 Å². The van der Waals surface area contributed by atoms with Crippen molar-refractivity contribution in [1.29, 1.82) is 0 Å². The highest BCUT2D eigenvalue weighted by atomic mass is 15.3. The van der Waals surface area contributed by atoms with Crippen molar-refractivity contribution in [3.8, 4) is 0 Å². The Morgan fingerprint density at radius 1 is 0.630 bits per heavy atom. The maximum absolute atomic E-state index is 2.75. The van der Waals surface area contributed by atoms with Gasteiger partial charge in [-0.1, -0.05) is 33.1 Å². The summed E-state index contributed by atoms with van der Waals surface area (Å²) in [6.45, 7) is 19.1. The van der Waals surface area contributed by atoms with Crippen LogP contribution in [0.1, 0.15) is 65.2 Å². The number of piperazine rings is 1. The summed E-state index contributed by atoms with van der Waals surface area (Å²) in [6, 6.07) is 0. The first-order valence-electron chi connectivity index (χ1n) is 12.1. The molecule has 3 heterocycles. The van der Waals surface area contributed by atoms with Crippen LogP contribution in [0.25, 0.3) is 0 Å². The van der Waals surface area contributed by atoms with Crippen LogP contribution >= 0.6 is 0 Å². The van der Waals surface area contributed by atoms with Crippen LogP contribution < -0.4 is 0 Å². The molecule has 0 unspecified atom stereocenters. The summed E-state index contributed by atoms with van der Waals surface area (Å²) >= 11 is 0. The second-order valence-corrected chi connectivity index (χ2v) is 9.71. The fraction of sp³-hybridized carbons (Fsp3) is 1.00. The van der Waals surface area contributed by atoms with Crippen LogP contribution in [0.3, 0.4) is 0 Å². The first-order valence-corrected chi connectivity index (χ1v) is 12.1. The van der Waals surface area contributed by atoms with E-state index in [1.54, 1.807) is 0 Å². The first-order chi connectivity index (χ1) is 13.2. The van der Waals surface area contributed by atoms with Crippen LogP contribution in [-0.2, 0) is 0 Å². The van der Waals surface area contributed by atoms with Crippen LogP contribution in [0.15, 0.2) is 0 Å². The molecule has 0 N–H and O–H groups in total. The van der Waals surface area contributed by atoms with Crippen LogP contribution in [-0.4, -0.2) is 91.7 Å². The fourth-order valence-electron chi connectivity index (χ4n) is 5.12. The van der Waals surface area contributed by atoms with Crippen molar-refractivity contribution >= 4 is 0 Å². The molecule has 3 aliphatic heterocycles. The average Bonchev–Trinajstić information content (AvgIpc) is 2.70. The van der Waals surface area contributed by atoms with E-state index in [4.69, 9.17) is 0 Å². The molecule has 0 radical (unpaired) electrons. The van der Waals surface area contributed by atoms with Gasteiger partial charge in [0.05, 0.1) is 6.67 Å². The zero-order chi connectivity index (χ0) is 18.9. The number of likely N-dealkylation sites (tertiary alicyclic amines) is 2. The van der Waals surface area contributed by atoms with Gasteiger partial charge >= 0.3 is 0 Å². The third kappa shape index (κ3) is 7.64. The summed E-state index contributed by atoms with van der Waals surface area (Å²) in [5.74, 6) is 1.91. The lowest BCUT2D eigenvalue weighted by atomic mass is 9.93. The SMILES string of the molecule is CCCCCCN1CCN(CN2CCC(CN3CCC(C)CC3)CC2)CC1. The van der Waals surface area contributed by atoms with Crippen molar-refractivity contribution < 1.29 is 0 Å². The molecule has 0 saturated carbocycles. The van der Waals surface area contributed by atoms with Gasteiger partial charge < -0.3 is 9.80 Å². The third-order valence-electron chi connectivity index (χ3n) is 7.29. The molecule has 158 valence electrons. The molecule has 3 aliphatic rings. The molecule has 0 amide bonds. The van der Waals surface area contributed by atoms with Crippen molar-refractivity contribution in [3.05, 3.63) is 0 Å². The summed E-state index contributed by atoms with van der Waals surface area (Å²) in [5.41, 5.74) is 0. The van der Waals surface area contributed by atoms with Gasteiger partial charge in [-0.15, -0.1) is 0 Å². The summed E-state index contributed by atoms with van der Waals surface area (Å²) in [4.78, 5) is 10.9. The number of hydrogen-bond acceptors (Lipinski definition) is 4. The Balaban J connectivity index is 1.24. The van der Waals surface area contributed by atoms with Crippen molar-refractivity contribution in [1.82, 2.24) is 19.6 Å². The highest BCUT2D eigenvalue weighted by Crippen LogP contribution is 2.22.